The lowest BCUT2D eigenvalue weighted by atomic mass is 10.0. The minimum absolute atomic E-state index is 0.418. The second kappa shape index (κ2) is 9.67. The minimum atomic E-state index is 0.418. The van der Waals surface area contributed by atoms with Crippen LogP contribution < -0.4 is 24.4 Å². The number of aromatic nitrogens is 1. The molecule has 1 aromatic heterocycles. The van der Waals surface area contributed by atoms with Gasteiger partial charge >= 0.3 is 0 Å². The van der Waals surface area contributed by atoms with E-state index in [4.69, 9.17) is 19.2 Å². The maximum Gasteiger partial charge on any atom is 0.204 e. The molecule has 0 amide bonds. The third kappa shape index (κ3) is 4.44. The Balaban J connectivity index is 1.93. The van der Waals surface area contributed by atoms with Gasteiger partial charge in [-0.15, -0.1) is 0 Å². The smallest absolute Gasteiger partial charge is 0.204 e. The van der Waals surface area contributed by atoms with Crippen LogP contribution in [0.5, 0.6) is 17.2 Å². The summed E-state index contributed by atoms with van der Waals surface area (Å²) in [4.78, 5) is 6.92. The summed E-state index contributed by atoms with van der Waals surface area (Å²) < 4.78 is 16.7. The first-order valence-corrected chi connectivity index (χ1v) is 10.1. The van der Waals surface area contributed by atoms with E-state index in [0.717, 1.165) is 28.8 Å². The van der Waals surface area contributed by atoms with Crippen molar-refractivity contribution < 1.29 is 14.2 Å². The maximum atomic E-state index is 5.67. The first-order valence-electron chi connectivity index (χ1n) is 10.1. The van der Waals surface area contributed by atoms with Crippen molar-refractivity contribution in [1.29, 1.82) is 0 Å². The van der Waals surface area contributed by atoms with Crippen LogP contribution in [0.2, 0.25) is 0 Å². The number of nitrogens with one attached hydrogen (secondary N) is 1. The van der Waals surface area contributed by atoms with Gasteiger partial charge in [0.2, 0.25) is 5.75 Å². The van der Waals surface area contributed by atoms with E-state index in [0.29, 0.717) is 29.7 Å². The summed E-state index contributed by atoms with van der Waals surface area (Å²) in [7, 11) is 8.87. The van der Waals surface area contributed by atoms with Gasteiger partial charge in [0.25, 0.3) is 0 Å². The second-order valence-corrected chi connectivity index (χ2v) is 7.52. The lowest BCUT2D eigenvalue weighted by Crippen LogP contribution is -2.22. The molecule has 0 aliphatic carbocycles. The van der Waals surface area contributed by atoms with Gasteiger partial charge in [0.15, 0.2) is 11.5 Å². The van der Waals surface area contributed by atoms with Crippen LogP contribution >= 0.6 is 0 Å². The monoisotopic (exact) mass is 409 g/mol. The zero-order valence-electron chi connectivity index (χ0n) is 18.7. The molecule has 0 saturated heterocycles. The summed E-state index contributed by atoms with van der Waals surface area (Å²) in [6.45, 7) is 3.80. The number of hydrogen-bond donors (Lipinski definition) is 1. The van der Waals surface area contributed by atoms with Crippen LogP contribution in [0.3, 0.4) is 0 Å². The summed E-state index contributed by atoms with van der Waals surface area (Å²) >= 11 is 0. The molecule has 1 atom stereocenters. The van der Waals surface area contributed by atoms with Crippen LogP contribution in [-0.4, -0.2) is 47.0 Å². The van der Waals surface area contributed by atoms with Crippen LogP contribution in [0.15, 0.2) is 42.5 Å². The Morgan fingerprint density at radius 1 is 0.967 bits per heavy atom. The van der Waals surface area contributed by atoms with Gasteiger partial charge in [-0.1, -0.05) is 37.3 Å². The Hall–Kier alpha value is -2.99. The number of ether oxygens (including phenoxy) is 3. The molecule has 6 nitrogen and oxygen atoms in total. The van der Waals surface area contributed by atoms with E-state index in [1.165, 1.54) is 5.56 Å². The zero-order valence-corrected chi connectivity index (χ0v) is 18.7. The van der Waals surface area contributed by atoms with Gasteiger partial charge in [0.1, 0.15) is 5.82 Å². The van der Waals surface area contributed by atoms with Gasteiger partial charge in [0, 0.05) is 44.2 Å². The Labute approximate surface area is 178 Å². The fourth-order valence-electron chi connectivity index (χ4n) is 3.66. The number of anilines is 1. The summed E-state index contributed by atoms with van der Waals surface area (Å²) in [6.07, 6.45) is 0. The summed E-state index contributed by atoms with van der Waals surface area (Å²) in [5.74, 6) is 3.13. The van der Waals surface area contributed by atoms with Crippen LogP contribution in [0.4, 0.5) is 5.82 Å². The molecule has 1 heterocycles. The van der Waals surface area contributed by atoms with Gasteiger partial charge < -0.3 is 24.4 Å². The molecule has 2 aromatic carbocycles. The summed E-state index contributed by atoms with van der Waals surface area (Å²) in [5.41, 5.74) is 3.22. The lowest BCUT2D eigenvalue weighted by Gasteiger charge is -2.21. The molecule has 6 heteroatoms. The standard InChI is InChI=1S/C24H31N3O3/c1-16(17-10-8-7-9-11-17)14-25-15-18-12-19-20(26-24(18)27(2)3)13-21(28-4)23(30-6)22(19)29-5/h7-13,16,25H,14-15H2,1-6H3/t16-/m1/s1. The van der Waals surface area contributed by atoms with E-state index < -0.39 is 0 Å². The molecular formula is C24H31N3O3. The molecular weight excluding hydrogens is 378 g/mol. The number of nitrogens with zero attached hydrogens (tertiary/aromatic N) is 2. The van der Waals surface area contributed by atoms with Crippen molar-refractivity contribution in [3.05, 3.63) is 53.6 Å². The van der Waals surface area contributed by atoms with E-state index in [1.807, 2.05) is 31.1 Å². The molecule has 0 spiro atoms. The number of benzene rings is 2. The third-order valence-corrected chi connectivity index (χ3v) is 5.24. The topological polar surface area (TPSA) is 55.9 Å². The van der Waals surface area contributed by atoms with Crippen molar-refractivity contribution in [3.8, 4) is 17.2 Å². The van der Waals surface area contributed by atoms with Gasteiger partial charge in [-0.25, -0.2) is 4.98 Å². The van der Waals surface area contributed by atoms with E-state index in [1.54, 1.807) is 21.3 Å². The molecule has 3 aromatic rings. The average molecular weight is 410 g/mol. The number of rotatable bonds is 9. The highest BCUT2D eigenvalue weighted by atomic mass is 16.5. The second-order valence-electron chi connectivity index (χ2n) is 7.52. The van der Waals surface area contributed by atoms with Crippen molar-refractivity contribution in [2.45, 2.75) is 19.4 Å². The number of hydrogen-bond acceptors (Lipinski definition) is 6. The van der Waals surface area contributed by atoms with E-state index >= 15 is 0 Å². The molecule has 0 fully saturated rings. The number of pyridine rings is 1. The molecule has 0 unspecified atom stereocenters. The predicted octanol–water partition coefficient (Wildman–Crippen LogP) is 4.22. The largest absolute Gasteiger partial charge is 0.493 e. The maximum absolute atomic E-state index is 5.67. The first-order chi connectivity index (χ1) is 14.5. The van der Waals surface area contributed by atoms with Crippen molar-refractivity contribution in [2.24, 2.45) is 0 Å². The highest BCUT2D eigenvalue weighted by Crippen LogP contribution is 2.43. The molecule has 30 heavy (non-hydrogen) atoms. The highest BCUT2D eigenvalue weighted by Gasteiger charge is 2.19. The summed E-state index contributed by atoms with van der Waals surface area (Å²) in [6, 6.07) is 14.6. The highest BCUT2D eigenvalue weighted by molar-refractivity contribution is 5.92. The van der Waals surface area contributed by atoms with Crippen molar-refractivity contribution >= 4 is 16.7 Å². The Bertz CT molecular complexity index is 990. The first kappa shape index (κ1) is 21.7. The number of fused-ring (bicyclic) bond motifs is 1. The molecule has 160 valence electrons. The lowest BCUT2D eigenvalue weighted by molar-refractivity contribution is 0.327. The normalized spacial score (nSPS) is 11.9. The van der Waals surface area contributed by atoms with Crippen molar-refractivity contribution in [1.82, 2.24) is 10.3 Å². The molecule has 1 N–H and O–H groups in total. The van der Waals surface area contributed by atoms with Crippen LogP contribution in [-0.2, 0) is 6.54 Å². The fraction of sp³-hybridized carbons (Fsp3) is 0.375. The van der Waals surface area contributed by atoms with Gasteiger partial charge in [-0.05, 0) is 17.5 Å². The Morgan fingerprint density at radius 2 is 1.67 bits per heavy atom. The minimum Gasteiger partial charge on any atom is -0.493 e. The van der Waals surface area contributed by atoms with E-state index in [-0.39, 0.29) is 0 Å². The molecule has 0 aliphatic rings. The quantitative estimate of drug-likeness (QED) is 0.571. The third-order valence-electron chi connectivity index (χ3n) is 5.24. The SMILES string of the molecule is COc1cc2nc(N(C)C)c(CNC[C@@H](C)c3ccccc3)cc2c(OC)c1OC. The molecule has 0 bridgehead atoms. The van der Waals surface area contributed by atoms with Gasteiger partial charge in [-0.3, -0.25) is 0 Å². The van der Waals surface area contributed by atoms with Crippen molar-refractivity contribution in [2.75, 3.05) is 46.9 Å². The predicted molar refractivity (Wildman–Crippen MR) is 122 cm³/mol. The molecule has 0 saturated carbocycles. The van der Waals surface area contributed by atoms with Crippen molar-refractivity contribution in [3.63, 3.8) is 0 Å². The van der Waals surface area contributed by atoms with Crippen LogP contribution in [0.25, 0.3) is 10.9 Å². The molecule has 3 rings (SSSR count). The van der Waals surface area contributed by atoms with E-state index in [2.05, 4.69) is 42.6 Å². The van der Waals surface area contributed by atoms with Gasteiger partial charge in [-0.2, -0.15) is 0 Å². The van der Waals surface area contributed by atoms with E-state index in [9.17, 15) is 0 Å². The Morgan fingerprint density at radius 3 is 2.27 bits per heavy atom. The average Bonchev–Trinajstić information content (AvgIpc) is 2.77. The molecule has 0 aliphatic heterocycles. The zero-order chi connectivity index (χ0) is 21.7. The van der Waals surface area contributed by atoms with Crippen LogP contribution in [0.1, 0.15) is 24.0 Å². The fourth-order valence-corrected chi connectivity index (χ4v) is 3.66. The Kier molecular flexibility index (Phi) is 7.00. The van der Waals surface area contributed by atoms with Gasteiger partial charge in [0.05, 0.1) is 26.8 Å². The molecule has 0 radical (unpaired) electrons. The number of methoxy groups -OCH3 is 3. The van der Waals surface area contributed by atoms with Crippen LogP contribution in [0, 0.1) is 0 Å². The summed E-state index contributed by atoms with van der Waals surface area (Å²) in [5, 5.41) is 4.48.